The zero-order valence-electron chi connectivity index (χ0n) is 16.7. The predicted molar refractivity (Wildman–Crippen MR) is 110 cm³/mol. The Morgan fingerprint density at radius 2 is 1.71 bits per heavy atom. The molecule has 1 atom stereocenters. The lowest BCUT2D eigenvalue weighted by atomic mass is 9.49. The van der Waals surface area contributed by atoms with Gasteiger partial charge in [-0.1, -0.05) is 43.0 Å². The van der Waals surface area contributed by atoms with Crippen molar-refractivity contribution in [2.24, 2.45) is 17.8 Å². The van der Waals surface area contributed by atoms with Gasteiger partial charge in [0, 0.05) is 11.0 Å². The van der Waals surface area contributed by atoms with Crippen molar-refractivity contribution in [3.05, 3.63) is 41.3 Å². The van der Waals surface area contributed by atoms with E-state index in [0.717, 1.165) is 35.6 Å². The van der Waals surface area contributed by atoms with E-state index in [0.29, 0.717) is 5.22 Å². The molecule has 4 saturated carbocycles. The van der Waals surface area contributed by atoms with Crippen molar-refractivity contribution in [2.45, 2.75) is 74.7 Å². The van der Waals surface area contributed by atoms with Gasteiger partial charge in [0.25, 0.3) is 5.22 Å². The molecular formula is C23H28N2O2S. The lowest BCUT2D eigenvalue weighted by Gasteiger charge is -2.55. The molecule has 4 aliphatic rings. The molecule has 0 N–H and O–H groups in total. The van der Waals surface area contributed by atoms with Crippen LogP contribution in [-0.4, -0.2) is 21.2 Å². The Morgan fingerprint density at radius 1 is 1.11 bits per heavy atom. The fourth-order valence-electron chi connectivity index (χ4n) is 6.19. The molecule has 4 nitrogen and oxygen atoms in total. The van der Waals surface area contributed by atoms with Gasteiger partial charge in [-0.2, -0.15) is 0 Å². The monoisotopic (exact) mass is 396 g/mol. The van der Waals surface area contributed by atoms with Crippen molar-refractivity contribution in [1.82, 2.24) is 10.2 Å². The molecule has 148 valence electrons. The normalized spacial score (nSPS) is 31.9. The molecule has 28 heavy (non-hydrogen) atoms. The van der Waals surface area contributed by atoms with Crippen LogP contribution in [0.3, 0.4) is 0 Å². The van der Waals surface area contributed by atoms with Crippen LogP contribution >= 0.6 is 11.8 Å². The molecular weight excluding hydrogens is 368 g/mol. The summed E-state index contributed by atoms with van der Waals surface area (Å²) >= 11 is 1.39. The Labute approximate surface area is 170 Å². The van der Waals surface area contributed by atoms with Gasteiger partial charge in [0.15, 0.2) is 5.78 Å². The number of Topliss-reactive ketones (excluding diaryl/α,β-unsaturated/α-hetero) is 1. The lowest BCUT2D eigenvalue weighted by molar-refractivity contribution is -0.0191. The van der Waals surface area contributed by atoms with Crippen LogP contribution in [0.1, 0.15) is 74.2 Å². The van der Waals surface area contributed by atoms with E-state index in [4.69, 9.17) is 4.42 Å². The van der Waals surface area contributed by atoms with Crippen molar-refractivity contribution in [3.63, 3.8) is 0 Å². The fourth-order valence-corrected chi connectivity index (χ4v) is 6.95. The molecule has 1 aromatic carbocycles. The Bertz CT molecular complexity index is 838. The van der Waals surface area contributed by atoms with E-state index in [1.807, 2.05) is 31.2 Å². The summed E-state index contributed by atoms with van der Waals surface area (Å²) in [5.41, 5.74) is 2.11. The van der Waals surface area contributed by atoms with Gasteiger partial charge in [0.2, 0.25) is 5.89 Å². The molecule has 5 heteroatoms. The molecule has 0 radical (unpaired) electrons. The second-order valence-electron chi connectivity index (χ2n) is 9.25. The molecule has 4 bridgehead atoms. The highest BCUT2D eigenvalue weighted by atomic mass is 32.2. The summed E-state index contributed by atoms with van der Waals surface area (Å²) in [6, 6.07) is 7.91. The average molecular weight is 397 g/mol. The molecule has 0 aliphatic heterocycles. The minimum atomic E-state index is -0.239. The predicted octanol–water partition coefficient (Wildman–Crippen LogP) is 5.46. The number of nitrogens with zero attached hydrogens (tertiary/aromatic N) is 2. The zero-order valence-corrected chi connectivity index (χ0v) is 17.5. The molecule has 2 aromatic rings. The number of ketones is 1. The maximum atomic E-state index is 12.8. The van der Waals surface area contributed by atoms with Crippen LogP contribution in [0, 0.1) is 17.8 Å². The number of aromatic nitrogens is 2. The largest absolute Gasteiger partial charge is 0.415 e. The van der Waals surface area contributed by atoms with Crippen LogP contribution < -0.4 is 0 Å². The van der Waals surface area contributed by atoms with Crippen LogP contribution in [0.2, 0.25) is 0 Å². The Balaban J connectivity index is 1.29. The molecule has 0 amide bonds. The van der Waals surface area contributed by atoms with Gasteiger partial charge in [-0.15, -0.1) is 10.2 Å². The van der Waals surface area contributed by atoms with Gasteiger partial charge in [-0.25, -0.2) is 0 Å². The number of thioether (sulfide) groups is 1. The van der Waals surface area contributed by atoms with Crippen LogP contribution in [0.25, 0.3) is 0 Å². The third kappa shape index (κ3) is 3.22. The van der Waals surface area contributed by atoms with E-state index in [1.54, 1.807) is 0 Å². The molecule has 0 saturated heterocycles. The smallest absolute Gasteiger partial charge is 0.277 e. The first-order chi connectivity index (χ1) is 13.5. The minimum Gasteiger partial charge on any atom is -0.415 e. The zero-order chi connectivity index (χ0) is 19.3. The Kier molecular flexibility index (Phi) is 4.61. The van der Waals surface area contributed by atoms with Gasteiger partial charge in [0.1, 0.15) is 0 Å². The SMILES string of the molecule is CCc1ccc(C(=O)[C@H](C)Sc2nnc(C34CC5CC(CC(C5)C3)C4)o2)cc1. The number of benzene rings is 1. The van der Waals surface area contributed by atoms with Gasteiger partial charge in [-0.05, 0) is 75.2 Å². The molecule has 4 fully saturated rings. The quantitative estimate of drug-likeness (QED) is 0.479. The summed E-state index contributed by atoms with van der Waals surface area (Å²) in [5.74, 6) is 3.49. The standard InChI is InChI=1S/C23H28N2O2S/c1-3-15-4-6-19(7-5-15)20(26)14(2)28-22-25-24-21(27-22)23-11-16-8-17(12-23)10-18(9-16)13-23/h4-7,14,16-18H,3,8-13H2,1-2H3/t14-,16?,17?,18?,23?/m0/s1. The van der Waals surface area contributed by atoms with Crippen molar-refractivity contribution in [1.29, 1.82) is 0 Å². The highest BCUT2D eigenvalue weighted by Crippen LogP contribution is 2.60. The van der Waals surface area contributed by atoms with Crippen LogP contribution in [0.15, 0.2) is 33.9 Å². The maximum absolute atomic E-state index is 12.8. The Hall–Kier alpha value is -1.62. The first-order valence-corrected chi connectivity index (χ1v) is 11.6. The van der Waals surface area contributed by atoms with E-state index in [-0.39, 0.29) is 16.4 Å². The second-order valence-corrected chi connectivity index (χ2v) is 10.5. The van der Waals surface area contributed by atoms with Gasteiger partial charge >= 0.3 is 0 Å². The first kappa shape index (κ1) is 18.4. The van der Waals surface area contributed by atoms with E-state index in [9.17, 15) is 4.79 Å². The van der Waals surface area contributed by atoms with Crippen molar-refractivity contribution < 1.29 is 9.21 Å². The van der Waals surface area contributed by atoms with Crippen molar-refractivity contribution >= 4 is 17.5 Å². The number of rotatable bonds is 6. The van der Waals surface area contributed by atoms with Gasteiger partial charge in [-0.3, -0.25) is 4.79 Å². The summed E-state index contributed by atoms with van der Waals surface area (Å²) in [6.45, 7) is 4.04. The number of aryl methyl sites for hydroxylation is 1. The topological polar surface area (TPSA) is 56.0 Å². The van der Waals surface area contributed by atoms with Crippen molar-refractivity contribution in [2.75, 3.05) is 0 Å². The number of hydrogen-bond acceptors (Lipinski definition) is 5. The van der Waals surface area contributed by atoms with Gasteiger partial charge in [0.05, 0.1) is 5.25 Å². The molecule has 4 aliphatic carbocycles. The van der Waals surface area contributed by atoms with E-state index >= 15 is 0 Å². The fraction of sp³-hybridized carbons (Fsp3) is 0.609. The number of carbonyl (C=O) groups is 1. The van der Waals surface area contributed by atoms with E-state index < -0.39 is 0 Å². The summed E-state index contributed by atoms with van der Waals surface area (Å²) in [6.07, 6.45) is 8.82. The molecule has 6 rings (SSSR count). The van der Waals surface area contributed by atoms with Crippen LogP contribution in [-0.2, 0) is 11.8 Å². The van der Waals surface area contributed by atoms with Crippen LogP contribution in [0.5, 0.6) is 0 Å². The highest BCUT2D eigenvalue weighted by Gasteiger charge is 2.54. The Morgan fingerprint density at radius 3 is 2.29 bits per heavy atom. The summed E-state index contributed by atoms with van der Waals surface area (Å²) in [5, 5.41) is 9.08. The second kappa shape index (κ2) is 7.01. The number of hydrogen-bond donors (Lipinski definition) is 0. The molecule has 0 spiro atoms. The minimum absolute atomic E-state index is 0.113. The van der Waals surface area contributed by atoms with E-state index in [2.05, 4.69) is 17.1 Å². The summed E-state index contributed by atoms with van der Waals surface area (Å²) in [7, 11) is 0. The van der Waals surface area contributed by atoms with Crippen LogP contribution in [0.4, 0.5) is 0 Å². The summed E-state index contributed by atoms with van der Waals surface area (Å²) < 4.78 is 6.15. The highest BCUT2D eigenvalue weighted by molar-refractivity contribution is 8.00. The maximum Gasteiger partial charge on any atom is 0.277 e. The van der Waals surface area contributed by atoms with Crippen molar-refractivity contribution in [3.8, 4) is 0 Å². The van der Waals surface area contributed by atoms with E-state index in [1.165, 1.54) is 55.9 Å². The lowest BCUT2D eigenvalue weighted by Crippen LogP contribution is -2.48. The summed E-state index contributed by atoms with van der Waals surface area (Å²) in [4.78, 5) is 12.8. The third-order valence-corrected chi connectivity index (χ3v) is 8.13. The first-order valence-electron chi connectivity index (χ1n) is 10.7. The number of carbonyl (C=O) groups excluding carboxylic acids is 1. The average Bonchev–Trinajstić information content (AvgIpc) is 3.16. The molecule has 1 aromatic heterocycles. The molecule has 0 unspecified atom stereocenters. The van der Waals surface area contributed by atoms with Gasteiger partial charge < -0.3 is 4.42 Å². The third-order valence-electron chi connectivity index (χ3n) is 7.19. The molecule has 1 heterocycles.